The first kappa shape index (κ1) is 10.9. The average Bonchev–Trinajstić information content (AvgIpc) is 2.10. The minimum atomic E-state index is -0.469. The van der Waals surface area contributed by atoms with Crippen molar-refractivity contribution in [2.24, 2.45) is 0 Å². The van der Waals surface area contributed by atoms with Gasteiger partial charge in [-0.05, 0) is 29.8 Å². The molecule has 0 saturated carbocycles. The van der Waals surface area contributed by atoms with Crippen LogP contribution in [0, 0.1) is 17.0 Å². The van der Waals surface area contributed by atoms with Crippen molar-refractivity contribution in [3.63, 3.8) is 0 Å². The summed E-state index contributed by atoms with van der Waals surface area (Å²) in [5.41, 5.74) is 0.335. The zero-order valence-electron chi connectivity index (χ0n) is 7.78. The molecule has 76 valence electrons. The first-order valence-electron chi connectivity index (χ1n) is 4.00. The first-order valence-corrected chi connectivity index (χ1v) is 4.80. The molecule has 0 radical (unpaired) electrons. The molecule has 0 fully saturated rings. The molecule has 0 aliphatic carbocycles. The summed E-state index contributed by atoms with van der Waals surface area (Å²) in [5, 5.41) is 10.5. The van der Waals surface area contributed by atoms with Gasteiger partial charge in [-0.3, -0.25) is 10.1 Å². The lowest BCUT2D eigenvalue weighted by molar-refractivity contribution is -0.385. The van der Waals surface area contributed by atoms with Crippen molar-refractivity contribution in [1.29, 1.82) is 0 Å². The number of nitrogens with zero attached hydrogens (tertiary/aromatic N) is 2. The molecule has 0 N–H and O–H groups in total. The van der Waals surface area contributed by atoms with Gasteiger partial charge in [-0.25, -0.2) is 4.98 Å². The highest BCUT2D eigenvalue weighted by atomic mass is 79.9. The SMILES string of the molecule is CCOc1nc(C)c([N+](=O)[O-])cc1Br. The van der Waals surface area contributed by atoms with E-state index in [0.717, 1.165) is 0 Å². The predicted octanol–water partition coefficient (Wildman–Crippen LogP) is 2.46. The molecule has 1 heterocycles. The fraction of sp³-hybridized carbons (Fsp3) is 0.375. The van der Waals surface area contributed by atoms with E-state index < -0.39 is 4.92 Å². The maximum atomic E-state index is 10.5. The molecule has 0 aliphatic heterocycles. The molecule has 0 aromatic carbocycles. The minimum absolute atomic E-state index is 0.0136. The number of nitro groups is 1. The second kappa shape index (κ2) is 4.36. The fourth-order valence-electron chi connectivity index (χ4n) is 0.972. The number of hydrogen-bond donors (Lipinski definition) is 0. The molecule has 0 spiro atoms. The molecule has 0 saturated heterocycles. The summed E-state index contributed by atoms with van der Waals surface area (Å²) in [7, 11) is 0. The van der Waals surface area contributed by atoms with Crippen LogP contribution in [0.1, 0.15) is 12.6 Å². The van der Waals surface area contributed by atoms with Crippen molar-refractivity contribution in [3.05, 3.63) is 26.3 Å². The molecule has 1 aromatic rings. The molecule has 6 heteroatoms. The monoisotopic (exact) mass is 260 g/mol. The molecule has 0 bridgehead atoms. The second-order valence-electron chi connectivity index (χ2n) is 2.57. The maximum Gasteiger partial charge on any atom is 0.291 e. The summed E-state index contributed by atoms with van der Waals surface area (Å²) >= 11 is 3.16. The lowest BCUT2D eigenvalue weighted by Gasteiger charge is -2.05. The summed E-state index contributed by atoms with van der Waals surface area (Å²) in [6.45, 7) is 3.88. The number of ether oxygens (including phenoxy) is 1. The van der Waals surface area contributed by atoms with E-state index in [1.165, 1.54) is 6.07 Å². The highest BCUT2D eigenvalue weighted by molar-refractivity contribution is 9.10. The Kier molecular flexibility index (Phi) is 3.40. The fourth-order valence-corrected chi connectivity index (χ4v) is 1.39. The molecule has 0 aliphatic rings. The van der Waals surface area contributed by atoms with E-state index in [0.29, 0.717) is 22.7 Å². The van der Waals surface area contributed by atoms with Gasteiger partial charge in [-0.1, -0.05) is 0 Å². The van der Waals surface area contributed by atoms with E-state index in [1.54, 1.807) is 6.92 Å². The zero-order valence-corrected chi connectivity index (χ0v) is 9.37. The highest BCUT2D eigenvalue weighted by Gasteiger charge is 2.16. The first-order chi connectivity index (χ1) is 6.56. The van der Waals surface area contributed by atoms with E-state index >= 15 is 0 Å². The van der Waals surface area contributed by atoms with E-state index in [-0.39, 0.29) is 5.69 Å². The topological polar surface area (TPSA) is 65.3 Å². The molecular formula is C8H9BrN2O3. The Labute approximate surface area is 89.4 Å². The zero-order chi connectivity index (χ0) is 10.7. The van der Waals surface area contributed by atoms with Crippen molar-refractivity contribution in [1.82, 2.24) is 4.98 Å². The van der Waals surface area contributed by atoms with E-state index in [9.17, 15) is 10.1 Å². The van der Waals surface area contributed by atoms with Gasteiger partial charge in [0.15, 0.2) is 0 Å². The van der Waals surface area contributed by atoms with Crippen molar-refractivity contribution in [3.8, 4) is 5.88 Å². The van der Waals surface area contributed by atoms with Crippen LogP contribution in [0.5, 0.6) is 5.88 Å². The van der Waals surface area contributed by atoms with Crippen LogP contribution in [0.15, 0.2) is 10.5 Å². The normalized spacial score (nSPS) is 9.93. The van der Waals surface area contributed by atoms with Crippen LogP contribution in [0.25, 0.3) is 0 Å². The smallest absolute Gasteiger partial charge is 0.291 e. The highest BCUT2D eigenvalue weighted by Crippen LogP contribution is 2.28. The van der Waals surface area contributed by atoms with Crippen molar-refractivity contribution in [2.75, 3.05) is 6.61 Å². The largest absolute Gasteiger partial charge is 0.477 e. The third-order valence-corrected chi connectivity index (χ3v) is 2.15. The Hall–Kier alpha value is -1.17. The Bertz CT molecular complexity index is 368. The van der Waals surface area contributed by atoms with Crippen LogP contribution in [0.3, 0.4) is 0 Å². The summed E-state index contributed by atoms with van der Waals surface area (Å²) in [4.78, 5) is 14.1. The number of rotatable bonds is 3. The number of pyridine rings is 1. The van der Waals surface area contributed by atoms with Crippen LogP contribution < -0.4 is 4.74 Å². The Morgan fingerprint density at radius 1 is 1.71 bits per heavy atom. The van der Waals surface area contributed by atoms with Crippen molar-refractivity contribution < 1.29 is 9.66 Å². The minimum Gasteiger partial charge on any atom is -0.477 e. The van der Waals surface area contributed by atoms with Gasteiger partial charge in [0.1, 0.15) is 5.69 Å². The van der Waals surface area contributed by atoms with Gasteiger partial charge in [0.25, 0.3) is 5.69 Å². The number of aromatic nitrogens is 1. The van der Waals surface area contributed by atoms with Crippen LogP contribution in [-0.2, 0) is 0 Å². The molecule has 0 atom stereocenters. The summed E-state index contributed by atoms with van der Waals surface area (Å²) in [6.07, 6.45) is 0. The Morgan fingerprint density at radius 2 is 2.36 bits per heavy atom. The van der Waals surface area contributed by atoms with Gasteiger partial charge >= 0.3 is 0 Å². The van der Waals surface area contributed by atoms with Gasteiger partial charge in [0, 0.05) is 6.07 Å². The summed E-state index contributed by atoms with van der Waals surface area (Å²) in [5.74, 6) is 0.385. The molecule has 5 nitrogen and oxygen atoms in total. The summed E-state index contributed by atoms with van der Waals surface area (Å²) in [6, 6.07) is 1.40. The van der Waals surface area contributed by atoms with Crippen LogP contribution >= 0.6 is 15.9 Å². The third-order valence-electron chi connectivity index (χ3n) is 1.59. The molecule has 1 aromatic heterocycles. The van der Waals surface area contributed by atoms with Gasteiger partial charge in [-0.15, -0.1) is 0 Å². The van der Waals surface area contributed by atoms with Crippen molar-refractivity contribution in [2.45, 2.75) is 13.8 Å². The molecule has 14 heavy (non-hydrogen) atoms. The van der Waals surface area contributed by atoms with E-state index in [2.05, 4.69) is 20.9 Å². The van der Waals surface area contributed by atoms with Crippen LogP contribution in [0.2, 0.25) is 0 Å². The Morgan fingerprint density at radius 3 is 2.86 bits per heavy atom. The lowest BCUT2D eigenvalue weighted by atomic mass is 10.3. The molecule has 1 rings (SSSR count). The molecular weight excluding hydrogens is 252 g/mol. The van der Waals surface area contributed by atoms with Gasteiger partial charge in [-0.2, -0.15) is 0 Å². The van der Waals surface area contributed by atoms with Gasteiger partial charge < -0.3 is 4.74 Å². The standard InChI is InChI=1S/C8H9BrN2O3/c1-3-14-8-6(9)4-7(11(12)13)5(2)10-8/h4H,3H2,1-2H3. The van der Waals surface area contributed by atoms with Crippen LogP contribution in [0.4, 0.5) is 5.69 Å². The second-order valence-corrected chi connectivity index (χ2v) is 3.42. The Balaban J connectivity index is 3.17. The van der Waals surface area contributed by atoms with E-state index in [1.807, 2.05) is 6.92 Å². The van der Waals surface area contributed by atoms with Gasteiger partial charge in [0.2, 0.25) is 5.88 Å². The number of hydrogen-bond acceptors (Lipinski definition) is 4. The molecule has 0 unspecified atom stereocenters. The number of aryl methyl sites for hydroxylation is 1. The molecule has 0 amide bonds. The third kappa shape index (κ3) is 2.20. The maximum absolute atomic E-state index is 10.5. The predicted molar refractivity (Wildman–Crippen MR) is 54.5 cm³/mol. The summed E-state index contributed by atoms with van der Waals surface area (Å²) < 4.78 is 5.67. The van der Waals surface area contributed by atoms with Crippen molar-refractivity contribution >= 4 is 21.6 Å². The lowest BCUT2D eigenvalue weighted by Crippen LogP contribution is -2.00. The average molecular weight is 261 g/mol. The van der Waals surface area contributed by atoms with E-state index in [4.69, 9.17) is 4.74 Å². The van der Waals surface area contributed by atoms with Gasteiger partial charge in [0.05, 0.1) is 16.0 Å². The number of halogens is 1. The van der Waals surface area contributed by atoms with Crippen LogP contribution in [-0.4, -0.2) is 16.5 Å². The quantitative estimate of drug-likeness (QED) is 0.619.